The number of carbonyl (C=O) groups is 1. The number of halogens is 2. The van der Waals surface area contributed by atoms with Crippen LogP contribution in [0, 0.1) is 13.8 Å². The fourth-order valence-electron chi connectivity index (χ4n) is 2.06. The Morgan fingerprint density at radius 1 is 1.14 bits per heavy atom. The average Bonchev–Trinajstić information content (AvgIpc) is 2.45. The third kappa shape index (κ3) is 4.67. The van der Waals surface area contributed by atoms with Gasteiger partial charge in [0.1, 0.15) is 0 Å². The van der Waals surface area contributed by atoms with E-state index >= 15 is 0 Å². The van der Waals surface area contributed by atoms with E-state index in [2.05, 4.69) is 5.32 Å². The Labute approximate surface area is 145 Å². The van der Waals surface area contributed by atoms with Crippen molar-refractivity contribution in [2.75, 3.05) is 11.1 Å². The standard InChI is InChI=1S/C17H17Cl2NOS/c1-11-6-7-16(12(2)8-11)20-17(21)10-22-9-13-14(18)4-3-5-15(13)19/h3-8H,9-10H2,1-2H3,(H,20,21). The highest BCUT2D eigenvalue weighted by Gasteiger charge is 2.08. The number of hydrogen-bond donors (Lipinski definition) is 1. The second-order valence-corrected chi connectivity index (χ2v) is 6.86. The first-order chi connectivity index (χ1) is 10.5. The van der Waals surface area contributed by atoms with Gasteiger partial charge >= 0.3 is 0 Å². The molecule has 0 aliphatic heterocycles. The topological polar surface area (TPSA) is 29.1 Å². The molecule has 0 fully saturated rings. The number of carbonyl (C=O) groups excluding carboxylic acids is 1. The van der Waals surface area contributed by atoms with E-state index in [4.69, 9.17) is 23.2 Å². The summed E-state index contributed by atoms with van der Waals surface area (Å²) in [5.41, 5.74) is 3.97. The minimum Gasteiger partial charge on any atom is -0.325 e. The largest absolute Gasteiger partial charge is 0.325 e. The van der Waals surface area contributed by atoms with E-state index in [-0.39, 0.29) is 5.91 Å². The van der Waals surface area contributed by atoms with Gasteiger partial charge in [0.2, 0.25) is 5.91 Å². The summed E-state index contributed by atoms with van der Waals surface area (Å²) in [6.07, 6.45) is 0. The van der Waals surface area contributed by atoms with Crippen LogP contribution in [0.25, 0.3) is 0 Å². The predicted octanol–water partition coefficient (Wildman–Crippen LogP) is 5.48. The number of thioether (sulfide) groups is 1. The summed E-state index contributed by atoms with van der Waals surface area (Å²) in [7, 11) is 0. The SMILES string of the molecule is Cc1ccc(NC(=O)CSCc2c(Cl)cccc2Cl)c(C)c1. The maximum Gasteiger partial charge on any atom is 0.234 e. The Morgan fingerprint density at radius 2 is 1.82 bits per heavy atom. The summed E-state index contributed by atoms with van der Waals surface area (Å²) in [4.78, 5) is 12.0. The van der Waals surface area contributed by atoms with Crippen LogP contribution in [-0.4, -0.2) is 11.7 Å². The van der Waals surface area contributed by atoms with Crippen molar-refractivity contribution >= 4 is 46.6 Å². The van der Waals surface area contributed by atoms with E-state index in [1.807, 2.05) is 38.1 Å². The van der Waals surface area contributed by atoms with Crippen LogP contribution in [0.3, 0.4) is 0 Å². The normalized spacial score (nSPS) is 10.5. The molecule has 0 aromatic heterocycles. The molecule has 2 aromatic rings. The van der Waals surface area contributed by atoms with Crippen LogP contribution in [0.4, 0.5) is 5.69 Å². The second-order valence-electron chi connectivity index (χ2n) is 5.06. The zero-order chi connectivity index (χ0) is 16.1. The van der Waals surface area contributed by atoms with E-state index in [1.165, 1.54) is 17.3 Å². The molecule has 1 amide bonds. The molecule has 2 nitrogen and oxygen atoms in total. The van der Waals surface area contributed by atoms with Crippen LogP contribution < -0.4 is 5.32 Å². The van der Waals surface area contributed by atoms with Crippen molar-refractivity contribution in [3.63, 3.8) is 0 Å². The summed E-state index contributed by atoms with van der Waals surface area (Å²) in [6.45, 7) is 4.01. The molecule has 1 N–H and O–H groups in total. The quantitative estimate of drug-likeness (QED) is 0.770. The van der Waals surface area contributed by atoms with Crippen LogP contribution in [0.2, 0.25) is 10.0 Å². The smallest absolute Gasteiger partial charge is 0.234 e. The van der Waals surface area contributed by atoms with Gasteiger partial charge in [0.15, 0.2) is 0 Å². The Hall–Kier alpha value is -1.16. The van der Waals surface area contributed by atoms with Crippen LogP contribution in [0.1, 0.15) is 16.7 Å². The molecular weight excluding hydrogens is 337 g/mol. The summed E-state index contributed by atoms with van der Waals surface area (Å²) in [5.74, 6) is 0.938. The van der Waals surface area contributed by atoms with E-state index in [1.54, 1.807) is 12.1 Å². The number of aryl methyl sites for hydroxylation is 2. The Kier molecular flexibility index (Phi) is 6.18. The van der Waals surface area contributed by atoms with Crippen molar-refractivity contribution in [3.05, 3.63) is 63.1 Å². The summed E-state index contributed by atoms with van der Waals surface area (Å²) in [5, 5.41) is 4.20. The summed E-state index contributed by atoms with van der Waals surface area (Å²) in [6, 6.07) is 11.4. The van der Waals surface area contributed by atoms with E-state index in [0.717, 1.165) is 16.8 Å². The molecule has 5 heteroatoms. The number of amides is 1. The number of anilines is 1. The maximum absolute atomic E-state index is 12.0. The van der Waals surface area contributed by atoms with Crippen molar-refractivity contribution in [3.8, 4) is 0 Å². The molecule has 0 unspecified atom stereocenters. The summed E-state index contributed by atoms with van der Waals surface area (Å²) >= 11 is 13.7. The van der Waals surface area contributed by atoms with Gasteiger partial charge in [0.05, 0.1) is 5.75 Å². The Balaban J connectivity index is 1.88. The average molecular weight is 354 g/mol. The molecule has 0 aliphatic rings. The van der Waals surface area contributed by atoms with Gasteiger partial charge in [-0.3, -0.25) is 4.79 Å². The molecule has 0 saturated carbocycles. The Morgan fingerprint density at radius 3 is 2.45 bits per heavy atom. The van der Waals surface area contributed by atoms with Crippen LogP contribution >= 0.6 is 35.0 Å². The molecular formula is C17H17Cl2NOS. The molecule has 0 bridgehead atoms. The lowest BCUT2D eigenvalue weighted by Crippen LogP contribution is -2.15. The molecule has 0 aliphatic carbocycles. The van der Waals surface area contributed by atoms with Crippen molar-refractivity contribution in [1.29, 1.82) is 0 Å². The van der Waals surface area contributed by atoms with Gasteiger partial charge in [-0.1, -0.05) is 47.0 Å². The molecule has 0 heterocycles. The molecule has 116 valence electrons. The second kappa shape index (κ2) is 7.91. The number of hydrogen-bond acceptors (Lipinski definition) is 2. The molecule has 2 aromatic carbocycles. The van der Waals surface area contributed by atoms with Crippen molar-refractivity contribution < 1.29 is 4.79 Å². The lowest BCUT2D eigenvalue weighted by Gasteiger charge is -2.10. The van der Waals surface area contributed by atoms with Gasteiger partial charge in [0.25, 0.3) is 0 Å². The number of nitrogens with one attached hydrogen (secondary N) is 1. The Bertz CT molecular complexity index is 668. The molecule has 2 rings (SSSR count). The first-order valence-electron chi connectivity index (χ1n) is 6.85. The third-order valence-corrected chi connectivity index (χ3v) is 4.86. The lowest BCUT2D eigenvalue weighted by atomic mass is 10.1. The number of rotatable bonds is 5. The highest BCUT2D eigenvalue weighted by Crippen LogP contribution is 2.28. The fourth-order valence-corrected chi connectivity index (χ4v) is 3.62. The lowest BCUT2D eigenvalue weighted by molar-refractivity contribution is -0.113. The first-order valence-corrected chi connectivity index (χ1v) is 8.76. The van der Waals surface area contributed by atoms with E-state index in [9.17, 15) is 4.79 Å². The van der Waals surface area contributed by atoms with E-state index < -0.39 is 0 Å². The van der Waals surface area contributed by atoms with Gasteiger partial charge < -0.3 is 5.32 Å². The van der Waals surface area contributed by atoms with Gasteiger partial charge in [-0.25, -0.2) is 0 Å². The van der Waals surface area contributed by atoms with Gasteiger partial charge in [-0.05, 0) is 43.2 Å². The first kappa shape index (κ1) is 17.2. The predicted molar refractivity (Wildman–Crippen MR) is 97.2 cm³/mol. The van der Waals surface area contributed by atoms with Gasteiger partial charge in [-0.15, -0.1) is 11.8 Å². The fraction of sp³-hybridized carbons (Fsp3) is 0.235. The molecule has 22 heavy (non-hydrogen) atoms. The van der Waals surface area contributed by atoms with E-state index in [0.29, 0.717) is 21.6 Å². The molecule has 0 atom stereocenters. The van der Waals surface area contributed by atoms with Gasteiger partial charge in [-0.2, -0.15) is 0 Å². The van der Waals surface area contributed by atoms with Crippen molar-refractivity contribution in [2.45, 2.75) is 19.6 Å². The van der Waals surface area contributed by atoms with Crippen molar-refractivity contribution in [1.82, 2.24) is 0 Å². The van der Waals surface area contributed by atoms with Gasteiger partial charge in [0, 0.05) is 21.5 Å². The minimum absolute atomic E-state index is 0.0277. The zero-order valence-corrected chi connectivity index (χ0v) is 14.8. The monoisotopic (exact) mass is 353 g/mol. The molecule has 0 radical (unpaired) electrons. The van der Waals surface area contributed by atoms with Crippen LogP contribution in [-0.2, 0) is 10.5 Å². The third-order valence-electron chi connectivity index (χ3n) is 3.20. The van der Waals surface area contributed by atoms with Crippen LogP contribution in [0.5, 0.6) is 0 Å². The molecule has 0 spiro atoms. The highest BCUT2D eigenvalue weighted by molar-refractivity contribution is 7.99. The summed E-state index contributed by atoms with van der Waals surface area (Å²) < 4.78 is 0. The van der Waals surface area contributed by atoms with Crippen molar-refractivity contribution in [2.24, 2.45) is 0 Å². The van der Waals surface area contributed by atoms with Crippen LogP contribution in [0.15, 0.2) is 36.4 Å². The number of benzene rings is 2. The maximum atomic E-state index is 12.0. The minimum atomic E-state index is -0.0277. The zero-order valence-electron chi connectivity index (χ0n) is 12.5. The highest BCUT2D eigenvalue weighted by atomic mass is 35.5. The molecule has 0 saturated heterocycles.